The minimum Gasteiger partial charge on any atom is -0.445 e. The minimum absolute atomic E-state index is 0.109. The third-order valence-corrected chi connectivity index (χ3v) is 3.47. The zero-order valence-electron chi connectivity index (χ0n) is 13.8. The summed E-state index contributed by atoms with van der Waals surface area (Å²) in [6, 6.07) is 17.1. The van der Waals surface area contributed by atoms with E-state index in [1.165, 1.54) is 11.8 Å². The number of benzene rings is 2. The van der Waals surface area contributed by atoms with Crippen molar-refractivity contribution in [2.24, 2.45) is 0 Å². The lowest BCUT2D eigenvalue weighted by molar-refractivity contribution is -0.120. The van der Waals surface area contributed by atoms with E-state index in [0.717, 1.165) is 5.56 Å². The van der Waals surface area contributed by atoms with Gasteiger partial charge in [0.1, 0.15) is 12.6 Å². The smallest absolute Gasteiger partial charge is 0.408 e. The molecule has 2 aromatic rings. The number of nitrogens with zero attached hydrogens (tertiary/aromatic N) is 1. The lowest BCUT2D eigenvalue weighted by Crippen LogP contribution is -2.47. The SMILES string of the molecule is C[C@@H](NC(=O)OCc1ccccc1)C(=O)N(C[C]=O)c1ccccc1. The average molecular weight is 339 g/mol. The molecule has 0 unspecified atom stereocenters. The van der Waals surface area contributed by atoms with Gasteiger partial charge in [-0.05, 0) is 24.6 Å². The molecule has 1 N–H and O–H groups in total. The molecule has 0 aliphatic carbocycles. The number of para-hydroxylation sites is 1. The zero-order valence-corrected chi connectivity index (χ0v) is 13.8. The van der Waals surface area contributed by atoms with E-state index < -0.39 is 18.0 Å². The van der Waals surface area contributed by atoms with Gasteiger partial charge < -0.3 is 15.0 Å². The van der Waals surface area contributed by atoms with Crippen LogP contribution in [0, 0.1) is 0 Å². The minimum atomic E-state index is -0.850. The maximum absolute atomic E-state index is 12.5. The third-order valence-electron chi connectivity index (χ3n) is 3.47. The molecule has 2 amide bonds. The van der Waals surface area contributed by atoms with Crippen LogP contribution in [0.15, 0.2) is 60.7 Å². The van der Waals surface area contributed by atoms with Gasteiger partial charge >= 0.3 is 6.09 Å². The van der Waals surface area contributed by atoms with Gasteiger partial charge in [0.15, 0.2) is 0 Å². The van der Waals surface area contributed by atoms with Gasteiger partial charge in [-0.25, -0.2) is 4.79 Å². The van der Waals surface area contributed by atoms with Gasteiger partial charge in [-0.15, -0.1) is 0 Å². The molecule has 129 valence electrons. The maximum atomic E-state index is 12.5. The fourth-order valence-corrected chi connectivity index (χ4v) is 2.21. The Morgan fingerprint density at radius 1 is 1.08 bits per heavy atom. The second-order valence-electron chi connectivity index (χ2n) is 5.33. The second kappa shape index (κ2) is 9.22. The number of carbonyl (C=O) groups is 2. The molecule has 6 heteroatoms. The Balaban J connectivity index is 1.93. The molecular weight excluding hydrogens is 320 g/mol. The lowest BCUT2D eigenvalue weighted by atomic mass is 10.2. The van der Waals surface area contributed by atoms with Crippen molar-refractivity contribution < 1.29 is 19.1 Å². The van der Waals surface area contributed by atoms with Crippen LogP contribution in [0.2, 0.25) is 0 Å². The van der Waals surface area contributed by atoms with E-state index in [1.807, 2.05) is 30.3 Å². The average Bonchev–Trinajstić information content (AvgIpc) is 2.65. The number of carbonyl (C=O) groups excluding carboxylic acids is 3. The Morgan fingerprint density at radius 2 is 1.68 bits per heavy atom. The van der Waals surface area contributed by atoms with Crippen LogP contribution in [0.5, 0.6) is 0 Å². The molecule has 0 saturated heterocycles. The number of ether oxygens (including phenoxy) is 1. The third kappa shape index (κ3) is 5.46. The van der Waals surface area contributed by atoms with Crippen molar-refractivity contribution in [1.82, 2.24) is 5.32 Å². The largest absolute Gasteiger partial charge is 0.445 e. The van der Waals surface area contributed by atoms with E-state index in [-0.39, 0.29) is 13.2 Å². The van der Waals surface area contributed by atoms with E-state index in [9.17, 15) is 14.4 Å². The van der Waals surface area contributed by atoms with Crippen LogP contribution in [-0.2, 0) is 20.9 Å². The normalized spacial score (nSPS) is 11.2. The molecule has 2 rings (SSSR count). The molecule has 1 atom stereocenters. The highest BCUT2D eigenvalue weighted by molar-refractivity contribution is 6.00. The number of alkyl carbamates (subject to hydrolysis) is 1. The van der Waals surface area contributed by atoms with Crippen LogP contribution in [-0.4, -0.2) is 30.9 Å². The van der Waals surface area contributed by atoms with Crippen molar-refractivity contribution in [3.05, 3.63) is 66.2 Å². The molecule has 0 fully saturated rings. The number of nitrogens with one attached hydrogen (secondary N) is 1. The van der Waals surface area contributed by atoms with E-state index >= 15 is 0 Å². The molecule has 2 aromatic carbocycles. The predicted molar refractivity (Wildman–Crippen MR) is 93.7 cm³/mol. The van der Waals surface area contributed by atoms with Gasteiger partial charge in [-0.3, -0.25) is 9.59 Å². The molecule has 0 aromatic heterocycles. The number of rotatable bonds is 7. The molecular formula is C19H19N2O4. The summed E-state index contributed by atoms with van der Waals surface area (Å²) < 4.78 is 5.10. The van der Waals surface area contributed by atoms with E-state index in [1.54, 1.807) is 36.6 Å². The Kier molecular flexibility index (Phi) is 6.71. The van der Waals surface area contributed by atoms with E-state index in [0.29, 0.717) is 5.69 Å². The summed E-state index contributed by atoms with van der Waals surface area (Å²) in [5, 5.41) is 2.48. The zero-order chi connectivity index (χ0) is 18.1. The topological polar surface area (TPSA) is 75.7 Å². The van der Waals surface area contributed by atoms with E-state index in [4.69, 9.17) is 4.74 Å². The molecule has 25 heavy (non-hydrogen) atoms. The fraction of sp³-hybridized carbons (Fsp3) is 0.211. The van der Waals surface area contributed by atoms with Crippen molar-refractivity contribution in [3.8, 4) is 0 Å². The number of amides is 2. The molecule has 0 saturated carbocycles. The Labute approximate surface area is 146 Å². The van der Waals surface area contributed by atoms with Crippen LogP contribution >= 0.6 is 0 Å². The van der Waals surface area contributed by atoms with Crippen molar-refractivity contribution in [2.75, 3.05) is 11.4 Å². The molecule has 0 spiro atoms. The number of hydrogen-bond acceptors (Lipinski definition) is 4. The number of anilines is 1. The standard InChI is InChI=1S/C19H19N2O4/c1-15(20-19(24)25-14-16-8-4-2-5-9-16)18(23)21(12-13-22)17-10-6-3-7-11-17/h2-11,15H,12,14H2,1H3,(H,20,24)/t15-/m1/s1. The first-order chi connectivity index (χ1) is 12.1. The van der Waals surface area contributed by atoms with Crippen molar-refractivity contribution in [1.29, 1.82) is 0 Å². The monoisotopic (exact) mass is 339 g/mol. The maximum Gasteiger partial charge on any atom is 0.408 e. The summed E-state index contributed by atoms with van der Waals surface area (Å²) in [7, 11) is 0. The molecule has 1 radical (unpaired) electrons. The van der Waals surface area contributed by atoms with Crippen molar-refractivity contribution in [2.45, 2.75) is 19.6 Å². The first kappa shape index (κ1) is 18.2. The molecule has 0 aliphatic rings. The highest BCUT2D eigenvalue weighted by Crippen LogP contribution is 2.14. The Hall–Kier alpha value is -3.15. The Morgan fingerprint density at radius 3 is 2.28 bits per heavy atom. The molecule has 6 nitrogen and oxygen atoms in total. The summed E-state index contributed by atoms with van der Waals surface area (Å²) in [5.41, 5.74) is 1.40. The van der Waals surface area contributed by atoms with Crippen LogP contribution < -0.4 is 10.2 Å². The first-order valence-corrected chi connectivity index (χ1v) is 7.80. The van der Waals surface area contributed by atoms with Gasteiger partial charge in [0.05, 0.1) is 6.54 Å². The molecule has 0 aliphatic heterocycles. The summed E-state index contributed by atoms with van der Waals surface area (Å²) in [6.45, 7) is 1.43. The summed E-state index contributed by atoms with van der Waals surface area (Å²) in [5.74, 6) is -0.425. The molecule has 0 bridgehead atoms. The van der Waals surface area contributed by atoms with Gasteiger partial charge in [0.25, 0.3) is 0 Å². The highest BCUT2D eigenvalue weighted by Gasteiger charge is 2.23. The van der Waals surface area contributed by atoms with Gasteiger partial charge in [0, 0.05) is 5.69 Å². The van der Waals surface area contributed by atoms with Crippen molar-refractivity contribution in [3.63, 3.8) is 0 Å². The van der Waals surface area contributed by atoms with Crippen LogP contribution in [0.25, 0.3) is 0 Å². The summed E-state index contributed by atoms with van der Waals surface area (Å²) in [6.07, 6.45) is 1.01. The quantitative estimate of drug-likeness (QED) is 0.841. The van der Waals surface area contributed by atoms with Crippen LogP contribution in [0.1, 0.15) is 12.5 Å². The first-order valence-electron chi connectivity index (χ1n) is 7.80. The van der Waals surface area contributed by atoms with Gasteiger partial charge in [-0.2, -0.15) is 0 Å². The second-order valence-corrected chi connectivity index (χ2v) is 5.33. The lowest BCUT2D eigenvalue weighted by Gasteiger charge is -2.24. The van der Waals surface area contributed by atoms with Crippen LogP contribution in [0.3, 0.4) is 0 Å². The fourth-order valence-electron chi connectivity index (χ4n) is 2.21. The van der Waals surface area contributed by atoms with Gasteiger partial charge in [0.2, 0.25) is 12.2 Å². The predicted octanol–water partition coefficient (Wildman–Crippen LogP) is 2.44. The van der Waals surface area contributed by atoms with Gasteiger partial charge in [-0.1, -0.05) is 48.5 Å². The van der Waals surface area contributed by atoms with Crippen molar-refractivity contribution >= 4 is 24.0 Å². The summed E-state index contributed by atoms with van der Waals surface area (Å²) >= 11 is 0. The Bertz CT molecular complexity index is 704. The summed E-state index contributed by atoms with van der Waals surface area (Å²) in [4.78, 5) is 36.4. The van der Waals surface area contributed by atoms with E-state index in [2.05, 4.69) is 5.32 Å². The number of hydrogen-bond donors (Lipinski definition) is 1. The molecule has 0 heterocycles. The highest BCUT2D eigenvalue weighted by atomic mass is 16.5. The van der Waals surface area contributed by atoms with Crippen LogP contribution in [0.4, 0.5) is 10.5 Å².